The summed E-state index contributed by atoms with van der Waals surface area (Å²) < 4.78 is 34.9. The van der Waals surface area contributed by atoms with Gasteiger partial charge >= 0.3 is 11.6 Å². The lowest BCUT2D eigenvalue weighted by atomic mass is 9.99. The minimum absolute atomic E-state index is 0.0902. The highest BCUT2D eigenvalue weighted by atomic mass is 19.1. The van der Waals surface area contributed by atoms with Gasteiger partial charge in [-0.3, -0.25) is 0 Å². The second kappa shape index (κ2) is 8.55. The van der Waals surface area contributed by atoms with Gasteiger partial charge in [0.1, 0.15) is 17.1 Å². The van der Waals surface area contributed by atoms with Gasteiger partial charge in [-0.25, -0.2) is 14.0 Å². The van der Waals surface area contributed by atoms with Crippen LogP contribution < -0.4 is 19.8 Å². The first-order valence-electron chi connectivity index (χ1n) is 9.69. The first kappa shape index (κ1) is 21.1. The molecule has 0 bridgehead atoms. The molecule has 1 aromatic heterocycles. The molecule has 32 heavy (non-hydrogen) atoms. The molecule has 4 rings (SSSR count). The molecule has 0 radical (unpaired) electrons. The fourth-order valence-electron chi connectivity index (χ4n) is 3.50. The lowest BCUT2D eigenvalue weighted by Crippen LogP contribution is -2.09. The summed E-state index contributed by atoms with van der Waals surface area (Å²) in [5.41, 5.74) is 1.53. The SMILES string of the molecule is COc1ccc(-c2c(C)c3cc(OC(=O)c4cccc(F)c4)ccc3oc2=O)cc1OC. The summed E-state index contributed by atoms with van der Waals surface area (Å²) in [6.07, 6.45) is 0. The molecule has 0 aliphatic rings. The molecular weight excluding hydrogens is 415 g/mol. The van der Waals surface area contributed by atoms with Gasteiger partial charge in [0.15, 0.2) is 11.5 Å². The van der Waals surface area contributed by atoms with Gasteiger partial charge in [-0.05, 0) is 66.6 Å². The first-order chi connectivity index (χ1) is 15.4. The molecule has 0 saturated heterocycles. The van der Waals surface area contributed by atoms with E-state index < -0.39 is 17.4 Å². The number of fused-ring (bicyclic) bond motifs is 1. The Labute approximate surface area is 182 Å². The number of carbonyl (C=O) groups excluding carboxylic acids is 1. The van der Waals surface area contributed by atoms with E-state index in [0.717, 1.165) is 6.07 Å². The second-order valence-electron chi connectivity index (χ2n) is 7.02. The Morgan fingerprint density at radius 1 is 0.938 bits per heavy atom. The smallest absolute Gasteiger partial charge is 0.344 e. The van der Waals surface area contributed by atoms with E-state index in [-0.39, 0.29) is 11.3 Å². The maximum atomic E-state index is 13.4. The van der Waals surface area contributed by atoms with Crippen molar-refractivity contribution in [3.8, 4) is 28.4 Å². The van der Waals surface area contributed by atoms with E-state index in [4.69, 9.17) is 18.6 Å². The summed E-state index contributed by atoms with van der Waals surface area (Å²) in [6.45, 7) is 1.78. The summed E-state index contributed by atoms with van der Waals surface area (Å²) in [5.74, 6) is 0.0170. The van der Waals surface area contributed by atoms with Gasteiger partial charge in [0.05, 0.1) is 25.3 Å². The Bertz CT molecular complexity index is 1390. The highest BCUT2D eigenvalue weighted by molar-refractivity contribution is 5.92. The van der Waals surface area contributed by atoms with Crippen LogP contribution in [0, 0.1) is 12.7 Å². The van der Waals surface area contributed by atoms with Crippen molar-refractivity contribution in [2.24, 2.45) is 0 Å². The van der Waals surface area contributed by atoms with Gasteiger partial charge in [0.2, 0.25) is 0 Å². The van der Waals surface area contributed by atoms with Crippen LogP contribution in [0.1, 0.15) is 15.9 Å². The van der Waals surface area contributed by atoms with Gasteiger partial charge in [-0.1, -0.05) is 12.1 Å². The van der Waals surface area contributed by atoms with Crippen LogP contribution in [0.25, 0.3) is 22.1 Å². The van der Waals surface area contributed by atoms with Crippen molar-refractivity contribution in [3.63, 3.8) is 0 Å². The minimum Gasteiger partial charge on any atom is -0.493 e. The molecule has 7 heteroatoms. The van der Waals surface area contributed by atoms with Crippen molar-refractivity contribution in [2.75, 3.05) is 14.2 Å². The molecule has 6 nitrogen and oxygen atoms in total. The number of methoxy groups -OCH3 is 2. The molecule has 0 spiro atoms. The molecule has 3 aromatic carbocycles. The molecule has 1 heterocycles. The molecule has 0 unspecified atom stereocenters. The third-order valence-corrected chi connectivity index (χ3v) is 5.08. The average molecular weight is 434 g/mol. The van der Waals surface area contributed by atoms with Gasteiger partial charge in [0.25, 0.3) is 0 Å². The number of carbonyl (C=O) groups is 1. The first-order valence-corrected chi connectivity index (χ1v) is 9.69. The molecule has 0 N–H and O–H groups in total. The molecule has 0 atom stereocenters. The average Bonchev–Trinajstić information content (AvgIpc) is 2.79. The molecule has 162 valence electrons. The largest absolute Gasteiger partial charge is 0.493 e. The summed E-state index contributed by atoms with van der Waals surface area (Å²) in [5, 5.41) is 0.596. The quantitative estimate of drug-likeness (QED) is 0.246. The fourth-order valence-corrected chi connectivity index (χ4v) is 3.50. The topological polar surface area (TPSA) is 75.0 Å². The Morgan fingerprint density at radius 3 is 2.44 bits per heavy atom. The predicted octanol–water partition coefficient (Wildman–Crippen LogP) is 5.14. The summed E-state index contributed by atoms with van der Waals surface area (Å²) in [7, 11) is 3.04. The molecule has 4 aromatic rings. The number of aryl methyl sites for hydroxylation is 1. The Hall–Kier alpha value is -4.13. The van der Waals surface area contributed by atoms with E-state index in [1.54, 1.807) is 37.3 Å². The molecular formula is C25H19FO6. The third kappa shape index (κ3) is 3.92. The van der Waals surface area contributed by atoms with Crippen molar-refractivity contribution in [3.05, 3.63) is 88.0 Å². The van der Waals surface area contributed by atoms with E-state index in [1.807, 2.05) is 0 Å². The second-order valence-corrected chi connectivity index (χ2v) is 7.02. The van der Waals surface area contributed by atoms with Gasteiger partial charge in [-0.15, -0.1) is 0 Å². The van der Waals surface area contributed by atoms with Crippen molar-refractivity contribution in [1.82, 2.24) is 0 Å². The summed E-state index contributed by atoms with van der Waals surface area (Å²) in [6, 6.07) is 15.0. The number of hydrogen-bond donors (Lipinski definition) is 0. The standard InChI is InChI=1S/C25H19FO6/c1-14-19-13-18(31-24(27)16-5-4-6-17(26)11-16)8-10-20(19)32-25(28)23(14)15-7-9-21(29-2)22(12-15)30-3/h4-13H,1-3H3. The predicted molar refractivity (Wildman–Crippen MR) is 117 cm³/mol. The molecule has 0 aliphatic heterocycles. The Balaban J connectivity index is 1.77. The van der Waals surface area contributed by atoms with Crippen molar-refractivity contribution >= 4 is 16.9 Å². The van der Waals surface area contributed by atoms with E-state index in [0.29, 0.717) is 39.2 Å². The maximum absolute atomic E-state index is 13.4. The monoisotopic (exact) mass is 434 g/mol. The van der Waals surface area contributed by atoms with Crippen LogP contribution in [-0.2, 0) is 0 Å². The van der Waals surface area contributed by atoms with E-state index in [1.165, 1.54) is 38.5 Å². The molecule has 0 amide bonds. The summed E-state index contributed by atoms with van der Waals surface area (Å²) in [4.78, 5) is 25.1. The van der Waals surface area contributed by atoms with E-state index in [2.05, 4.69) is 0 Å². The molecule has 0 saturated carbocycles. The molecule has 0 fully saturated rings. The van der Waals surface area contributed by atoms with Crippen LogP contribution in [0.4, 0.5) is 4.39 Å². The van der Waals surface area contributed by atoms with Crippen LogP contribution in [0.5, 0.6) is 17.2 Å². The Morgan fingerprint density at radius 2 is 1.72 bits per heavy atom. The fraction of sp³-hybridized carbons (Fsp3) is 0.120. The zero-order valence-corrected chi connectivity index (χ0v) is 17.6. The normalized spacial score (nSPS) is 10.8. The van der Waals surface area contributed by atoms with E-state index in [9.17, 15) is 14.0 Å². The van der Waals surface area contributed by atoms with Crippen LogP contribution in [-0.4, -0.2) is 20.2 Å². The number of esters is 1. The number of rotatable bonds is 5. The number of halogens is 1. The maximum Gasteiger partial charge on any atom is 0.344 e. The van der Waals surface area contributed by atoms with Gasteiger partial charge in [-0.2, -0.15) is 0 Å². The lowest BCUT2D eigenvalue weighted by molar-refractivity contribution is 0.0734. The highest BCUT2D eigenvalue weighted by Crippen LogP contribution is 2.34. The van der Waals surface area contributed by atoms with E-state index >= 15 is 0 Å². The van der Waals surface area contributed by atoms with Crippen LogP contribution in [0.2, 0.25) is 0 Å². The number of ether oxygens (including phenoxy) is 3. The number of hydrogen-bond acceptors (Lipinski definition) is 6. The number of benzene rings is 3. The Kier molecular flexibility index (Phi) is 5.64. The third-order valence-electron chi connectivity index (χ3n) is 5.08. The van der Waals surface area contributed by atoms with Gasteiger partial charge < -0.3 is 18.6 Å². The minimum atomic E-state index is -0.695. The van der Waals surface area contributed by atoms with Crippen LogP contribution in [0.3, 0.4) is 0 Å². The summed E-state index contributed by atoms with van der Waals surface area (Å²) >= 11 is 0. The lowest BCUT2D eigenvalue weighted by Gasteiger charge is -2.12. The zero-order chi connectivity index (χ0) is 22.8. The van der Waals surface area contributed by atoms with Crippen LogP contribution in [0.15, 0.2) is 69.9 Å². The van der Waals surface area contributed by atoms with Crippen molar-refractivity contribution in [1.29, 1.82) is 0 Å². The van der Waals surface area contributed by atoms with Crippen molar-refractivity contribution in [2.45, 2.75) is 6.92 Å². The molecule has 0 aliphatic carbocycles. The van der Waals surface area contributed by atoms with Gasteiger partial charge in [0, 0.05) is 5.39 Å². The van der Waals surface area contributed by atoms with Crippen molar-refractivity contribution < 1.29 is 27.8 Å². The van der Waals surface area contributed by atoms with Crippen LogP contribution >= 0.6 is 0 Å². The highest BCUT2D eigenvalue weighted by Gasteiger charge is 2.17. The zero-order valence-electron chi connectivity index (χ0n) is 17.6.